The molecule has 4 aromatic rings. The second-order valence-electron chi connectivity index (χ2n) is 15.1. The van der Waals surface area contributed by atoms with Crippen molar-refractivity contribution in [2.24, 2.45) is 5.92 Å². The summed E-state index contributed by atoms with van der Waals surface area (Å²) < 4.78 is 71.7. The second-order valence-corrected chi connectivity index (χ2v) is 15.1. The van der Waals surface area contributed by atoms with E-state index in [1.54, 1.807) is 18.3 Å². The number of hydrogen-bond acceptors (Lipinski definition) is 9. The van der Waals surface area contributed by atoms with Gasteiger partial charge in [-0.2, -0.15) is 18.7 Å². The Hall–Kier alpha value is -4.51. The highest BCUT2D eigenvalue weighted by atomic mass is 19.3. The number of hydrogen-bond donors (Lipinski definition) is 2. The minimum absolute atomic E-state index is 0.0205. The zero-order chi connectivity index (χ0) is 35.8. The first-order chi connectivity index (χ1) is 25.2. The van der Waals surface area contributed by atoms with Crippen LogP contribution < -0.4 is 20.7 Å². The van der Waals surface area contributed by atoms with E-state index in [1.165, 1.54) is 12.1 Å². The Kier molecular flexibility index (Phi) is 8.06. The molecule has 0 unspecified atom stereocenters. The van der Waals surface area contributed by atoms with Gasteiger partial charge in [0.25, 0.3) is 6.08 Å². The largest absolute Gasteiger partial charge is 0.461 e. The Labute approximate surface area is 298 Å². The van der Waals surface area contributed by atoms with E-state index in [-0.39, 0.29) is 65.1 Å². The van der Waals surface area contributed by atoms with E-state index in [0.29, 0.717) is 59.6 Å². The fraction of sp³-hybridized carbons (Fsp3) is 0.462. The maximum absolute atomic E-state index is 17.2. The van der Waals surface area contributed by atoms with E-state index in [9.17, 15) is 13.2 Å². The maximum atomic E-state index is 17.2. The van der Waals surface area contributed by atoms with Crippen LogP contribution in [0.3, 0.4) is 0 Å². The number of nitrogen functional groups attached to an aromatic ring is 1. The number of anilines is 2. The van der Waals surface area contributed by atoms with Crippen molar-refractivity contribution >= 4 is 33.2 Å². The fourth-order valence-electron chi connectivity index (χ4n) is 9.75. The van der Waals surface area contributed by atoms with E-state index in [1.807, 2.05) is 4.90 Å². The van der Waals surface area contributed by atoms with Gasteiger partial charge in [0, 0.05) is 72.8 Å². The molecule has 5 saturated heterocycles. The summed E-state index contributed by atoms with van der Waals surface area (Å²) in [5.74, 6) is 1.95. The molecule has 0 aliphatic carbocycles. The third-order valence-electron chi connectivity index (χ3n) is 12.2. The smallest absolute Gasteiger partial charge is 0.319 e. The molecule has 7 heterocycles. The zero-order valence-electron chi connectivity index (χ0n) is 28.7. The normalized spacial score (nSPS) is 26.3. The molecule has 3 N–H and O–H groups in total. The topological polar surface area (TPSA) is 102 Å². The van der Waals surface area contributed by atoms with Gasteiger partial charge in [-0.3, -0.25) is 9.88 Å². The van der Waals surface area contributed by atoms with Crippen molar-refractivity contribution < 1.29 is 27.0 Å². The van der Waals surface area contributed by atoms with Gasteiger partial charge in [-0.25, -0.2) is 8.78 Å². The molecule has 9 nitrogen and oxygen atoms in total. The summed E-state index contributed by atoms with van der Waals surface area (Å²) in [4.78, 5) is 18.4. The van der Waals surface area contributed by atoms with E-state index in [4.69, 9.17) is 26.6 Å². The molecule has 2 aromatic carbocycles. The minimum atomic E-state index is -1.64. The van der Waals surface area contributed by atoms with Gasteiger partial charge in [-0.1, -0.05) is 12.0 Å². The van der Waals surface area contributed by atoms with Gasteiger partial charge < -0.3 is 25.4 Å². The van der Waals surface area contributed by atoms with Gasteiger partial charge in [0.1, 0.15) is 29.5 Å². The van der Waals surface area contributed by atoms with Crippen LogP contribution in [-0.2, 0) is 4.74 Å². The average molecular weight is 714 g/mol. The Bertz CT molecular complexity index is 2180. The van der Waals surface area contributed by atoms with E-state index in [0.717, 1.165) is 45.3 Å². The summed E-state index contributed by atoms with van der Waals surface area (Å²) in [6, 6.07) is 6.17. The first-order valence-electron chi connectivity index (χ1n) is 18.0. The molecule has 3 atom stereocenters. The Balaban J connectivity index is 1.18. The van der Waals surface area contributed by atoms with Gasteiger partial charge in [-0.15, -0.1) is 6.42 Å². The van der Waals surface area contributed by atoms with Crippen LogP contribution in [0.15, 0.2) is 42.1 Å². The Morgan fingerprint density at radius 3 is 2.79 bits per heavy atom. The fourth-order valence-corrected chi connectivity index (χ4v) is 9.75. The first kappa shape index (κ1) is 33.3. The number of rotatable bonds is 6. The summed E-state index contributed by atoms with van der Waals surface area (Å²) in [7, 11) is 0. The number of fused-ring (bicyclic) bond motifs is 5. The van der Waals surface area contributed by atoms with Gasteiger partial charge in [0.2, 0.25) is 0 Å². The monoisotopic (exact) mass is 713 g/mol. The predicted octanol–water partition coefficient (Wildman–Crippen LogP) is 6.19. The number of halogens is 4. The van der Waals surface area contributed by atoms with Crippen LogP contribution in [0.4, 0.5) is 29.1 Å². The summed E-state index contributed by atoms with van der Waals surface area (Å²) in [5, 5.41) is 5.19. The van der Waals surface area contributed by atoms with Crippen LogP contribution in [0.2, 0.25) is 0 Å². The van der Waals surface area contributed by atoms with Crippen LogP contribution >= 0.6 is 0 Å². The Morgan fingerprint density at radius 1 is 1.13 bits per heavy atom. The van der Waals surface area contributed by atoms with Gasteiger partial charge in [0.15, 0.2) is 5.82 Å². The molecule has 13 heteroatoms. The minimum Gasteiger partial charge on any atom is -0.461 e. The molecule has 0 radical (unpaired) electrons. The van der Waals surface area contributed by atoms with Crippen LogP contribution in [0.1, 0.15) is 50.5 Å². The molecule has 0 amide bonds. The van der Waals surface area contributed by atoms with Crippen molar-refractivity contribution in [3.05, 3.63) is 59.3 Å². The molecule has 2 aromatic heterocycles. The highest BCUT2D eigenvalue weighted by molar-refractivity contribution is 6.03. The molecular formula is C39H39F4N7O2. The summed E-state index contributed by atoms with van der Waals surface area (Å²) in [5.41, 5.74) is 6.05. The van der Waals surface area contributed by atoms with Gasteiger partial charge in [0.05, 0.1) is 16.5 Å². The molecular weight excluding hydrogens is 674 g/mol. The average Bonchev–Trinajstić information content (AvgIpc) is 3.81. The summed E-state index contributed by atoms with van der Waals surface area (Å²) >= 11 is 0. The molecule has 9 rings (SSSR count). The lowest BCUT2D eigenvalue weighted by Gasteiger charge is -2.47. The van der Waals surface area contributed by atoms with Crippen LogP contribution in [0, 0.1) is 29.9 Å². The quantitative estimate of drug-likeness (QED) is 0.138. The number of aromatic nitrogens is 3. The molecule has 0 spiro atoms. The molecule has 0 saturated carbocycles. The molecule has 2 bridgehead atoms. The van der Waals surface area contributed by atoms with E-state index < -0.39 is 23.3 Å². The number of nitrogens with zero attached hydrogens (tertiary/aromatic N) is 5. The molecule has 5 aliphatic heterocycles. The molecule has 52 heavy (non-hydrogen) atoms. The Morgan fingerprint density at radius 2 is 1.98 bits per heavy atom. The standard InChI is InChI=1S/C39H39F4N7O2/c1-2-27-30(40)5-4-22-14-25(44)15-28(31(22)27)33-32(41)34-29(17-45-33)36(49-19-26-6-10-39(20-49,48-26)24-7-12-51-13-8-24)47-37(46-34)52-21-38-9-3-11-50(38)18-23(16-38)35(42)43/h1,4-5,14-15,17,24,26,48H,3,6-13,16,18-21,44H2/t26-,38-,39+/m0/s1. The lowest BCUT2D eigenvalue weighted by Crippen LogP contribution is -2.63. The highest BCUT2D eigenvalue weighted by Gasteiger charge is 2.51. The maximum Gasteiger partial charge on any atom is 0.319 e. The van der Waals surface area contributed by atoms with E-state index in [2.05, 4.69) is 26.1 Å². The van der Waals surface area contributed by atoms with E-state index >= 15 is 4.39 Å². The number of terminal acetylenes is 1. The lowest BCUT2D eigenvalue weighted by atomic mass is 9.77. The van der Waals surface area contributed by atoms with Crippen molar-refractivity contribution in [1.82, 2.24) is 25.2 Å². The molecule has 5 fully saturated rings. The third kappa shape index (κ3) is 5.37. The van der Waals surface area contributed by atoms with Crippen molar-refractivity contribution in [3.8, 4) is 29.6 Å². The van der Waals surface area contributed by atoms with Crippen LogP contribution in [0.25, 0.3) is 32.9 Å². The number of nitrogens with two attached hydrogens (primary N) is 1. The number of ether oxygens (including phenoxy) is 2. The van der Waals surface area contributed by atoms with Gasteiger partial charge in [-0.05, 0) is 81.0 Å². The third-order valence-corrected chi connectivity index (χ3v) is 12.2. The highest BCUT2D eigenvalue weighted by Crippen LogP contribution is 2.45. The van der Waals surface area contributed by atoms with Crippen molar-refractivity contribution in [1.29, 1.82) is 0 Å². The zero-order valence-corrected chi connectivity index (χ0v) is 28.7. The number of piperazine rings is 1. The van der Waals surface area contributed by atoms with Crippen molar-refractivity contribution in [3.63, 3.8) is 0 Å². The number of pyridine rings is 1. The van der Waals surface area contributed by atoms with Gasteiger partial charge >= 0.3 is 6.01 Å². The first-order valence-corrected chi connectivity index (χ1v) is 18.0. The lowest BCUT2D eigenvalue weighted by molar-refractivity contribution is 0.0308. The summed E-state index contributed by atoms with van der Waals surface area (Å²) in [6.07, 6.45) is 11.3. The number of nitrogens with one attached hydrogen (secondary N) is 1. The summed E-state index contributed by atoms with van der Waals surface area (Å²) in [6.45, 7) is 3.70. The van der Waals surface area contributed by atoms with Crippen molar-refractivity contribution in [2.45, 2.75) is 62.1 Å². The van der Waals surface area contributed by atoms with Crippen LogP contribution in [-0.4, -0.2) is 83.0 Å². The predicted molar refractivity (Wildman–Crippen MR) is 190 cm³/mol. The van der Waals surface area contributed by atoms with Crippen molar-refractivity contribution in [2.75, 3.05) is 56.6 Å². The molecule has 270 valence electrons. The second kappa shape index (κ2) is 12.6. The molecule has 5 aliphatic rings. The van der Waals surface area contributed by atoms with Crippen LogP contribution in [0.5, 0.6) is 6.01 Å². The number of benzene rings is 2. The SMILES string of the molecule is C#Cc1c(F)ccc2cc(N)cc(-c3ncc4c(N5C[C@@H]6CC[C@](C7CCOCC7)(C5)N6)nc(OC[C@@]56CCCN5CC(=C(F)F)C6)nc4c3F)c12.